The molecule has 8 nitrogen and oxygen atoms in total. The van der Waals surface area contributed by atoms with Crippen LogP contribution in [0.4, 0.5) is 0 Å². The molecule has 2 N–H and O–H groups in total. The molecule has 0 radical (unpaired) electrons. The van der Waals surface area contributed by atoms with Gasteiger partial charge in [-0.05, 0) is 39.2 Å². The number of allylic oxidation sites excluding steroid dienone is 4. The normalized spacial score (nSPS) is 10.9. The third kappa shape index (κ3) is 11.4. The van der Waals surface area contributed by atoms with Gasteiger partial charge < -0.3 is 29.2 Å². The highest BCUT2D eigenvalue weighted by molar-refractivity contribution is 5.66. The van der Waals surface area contributed by atoms with E-state index >= 15 is 0 Å². The van der Waals surface area contributed by atoms with E-state index < -0.39 is 11.9 Å². The van der Waals surface area contributed by atoms with E-state index in [2.05, 4.69) is 12.7 Å². The maximum atomic E-state index is 10.8. The first-order valence-corrected chi connectivity index (χ1v) is 11.3. The molecule has 0 aromatic heterocycles. The lowest BCUT2D eigenvalue weighted by atomic mass is 10.1. The second-order valence-electron chi connectivity index (χ2n) is 7.82. The Bertz CT molecular complexity index is 894. The topological polar surface area (TPSA) is 112 Å². The fourth-order valence-corrected chi connectivity index (χ4v) is 2.93. The molecule has 0 spiro atoms. The van der Waals surface area contributed by atoms with Gasteiger partial charge in [-0.1, -0.05) is 25.2 Å². The van der Waals surface area contributed by atoms with Crippen molar-refractivity contribution in [2.24, 2.45) is 0 Å². The molecule has 0 bridgehead atoms. The fourth-order valence-electron chi connectivity index (χ4n) is 2.93. The van der Waals surface area contributed by atoms with Crippen LogP contribution < -0.4 is 14.2 Å². The summed E-state index contributed by atoms with van der Waals surface area (Å²) in [5.41, 5.74) is 2.00. The second-order valence-corrected chi connectivity index (χ2v) is 7.82. The van der Waals surface area contributed by atoms with Crippen molar-refractivity contribution in [2.75, 3.05) is 20.3 Å². The van der Waals surface area contributed by atoms with Gasteiger partial charge in [-0.15, -0.1) is 0 Å². The molecule has 0 saturated carbocycles. The van der Waals surface area contributed by atoms with Crippen LogP contribution in [0.1, 0.15) is 58.4 Å². The van der Waals surface area contributed by atoms with E-state index in [4.69, 9.17) is 29.2 Å². The quantitative estimate of drug-likeness (QED) is 0.131. The van der Waals surface area contributed by atoms with Crippen molar-refractivity contribution in [3.63, 3.8) is 0 Å². The van der Waals surface area contributed by atoms with E-state index in [1.54, 1.807) is 19.3 Å². The van der Waals surface area contributed by atoms with E-state index in [0.717, 1.165) is 11.1 Å². The number of rotatable bonds is 17. The third-order valence-electron chi connectivity index (χ3n) is 4.57. The summed E-state index contributed by atoms with van der Waals surface area (Å²) in [6.07, 6.45) is 5.77. The number of carboxylic acid groups (broad SMARTS) is 2. The minimum atomic E-state index is -0.878. The number of carboxylic acids is 2. The molecule has 0 saturated heterocycles. The zero-order valence-electron chi connectivity index (χ0n) is 20.5. The number of benzene rings is 1. The molecule has 1 aromatic rings. The number of hydrogen-bond donors (Lipinski definition) is 2. The van der Waals surface area contributed by atoms with Crippen LogP contribution in [0.2, 0.25) is 0 Å². The van der Waals surface area contributed by atoms with Crippen LogP contribution in [-0.2, 0) is 20.7 Å². The summed E-state index contributed by atoms with van der Waals surface area (Å²) in [5.74, 6) is 0.773. The van der Waals surface area contributed by atoms with Crippen LogP contribution in [0.5, 0.6) is 17.2 Å². The van der Waals surface area contributed by atoms with Gasteiger partial charge in [0.25, 0.3) is 0 Å². The third-order valence-corrected chi connectivity index (χ3v) is 4.57. The van der Waals surface area contributed by atoms with Crippen LogP contribution in [-0.4, -0.2) is 42.5 Å². The van der Waals surface area contributed by atoms with Crippen LogP contribution >= 0.6 is 0 Å². The Balaban J connectivity index is 3.04. The molecule has 0 aliphatic heterocycles. The number of methoxy groups -OCH3 is 1. The summed E-state index contributed by atoms with van der Waals surface area (Å²) < 4.78 is 23.0. The minimum Gasteiger partial charge on any atom is -0.498 e. The van der Waals surface area contributed by atoms with Gasteiger partial charge in [-0.25, -0.2) is 0 Å². The van der Waals surface area contributed by atoms with Gasteiger partial charge >= 0.3 is 11.9 Å². The largest absolute Gasteiger partial charge is 0.498 e. The Morgan fingerprint density at radius 3 is 2.26 bits per heavy atom. The molecule has 188 valence electrons. The summed E-state index contributed by atoms with van der Waals surface area (Å²) in [4.78, 5) is 21.4. The van der Waals surface area contributed by atoms with E-state index in [0.29, 0.717) is 61.1 Å². The van der Waals surface area contributed by atoms with Gasteiger partial charge in [0.15, 0.2) is 11.5 Å². The van der Waals surface area contributed by atoms with Crippen molar-refractivity contribution in [1.29, 1.82) is 0 Å². The van der Waals surface area contributed by atoms with Crippen LogP contribution in [0, 0.1) is 0 Å². The maximum absolute atomic E-state index is 10.8. The SMILES string of the molecule is C=C(/C=C(\CC)OCCCC(=O)O)Oc1cc(CC=C(C)C)c(OC)c(OCCCC(=O)O)c1. The zero-order chi connectivity index (χ0) is 25.5. The minimum absolute atomic E-state index is 0.0109. The molecule has 0 aliphatic rings. The fraction of sp³-hybridized carbons (Fsp3) is 0.462. The van der Waals surface area contributed by atoms with E-state index in [-0.39, 0.29) is 19.4 Å². The van der Waals surface area contributed by atoms with Gasteiger partial charge in [0.05, 0.1) is 26.1 Å². The Hall–Kier alpha value is -3.42. The van der Waals surface area contributed by atoms with Crippen LogP contribution in [0.3, 0.4) is 0 Å². The van der Waals surface area contributed by atoms with Crippen molar-refractivity contribution >= 4 is 11.9 Å². The lowest BCUT2D eigenvalue weighted by molar-refractivity contribution is -0.138. The summed E-state index contributed by atoms with van der Waals surface area (Å²) in [7, 11) is 1.56. The van der Waals surface area contributed by atoms with Gasteiger partial charge in [-0.3, -0.25) is 9.59 Å². The van der Waals surface area contributed by atoms with Crippen molar-refractivity contribution < 1.29 is 38.7 Å². The Kier molecular flexibility index (Phi) is 13.0. The second kappa shape index (κ2) is 15.4. The lowest BCUT2D eigenvalue weighted by Gasteiger charge is -2.17. The standard InChI is InChI=1S/C26H36O8/c1-6-21(32-13-7-9-24(27)28)15-19(4)34-22-16-20(12-11-18(2)3)26(31-5)23(17-22)33-14-8-10-25(29)30/h11,15-17H,4,6-10,12-14H2,1-3,5H3,(H,27,28)(H,29,30)/b21-15+. The van der Waals surface area contributed by atoms with Crippen molar-refractivity contribution in [1.82, 2.24) is 0 Å². The molecular formula is C26H36O8. The molecule has 0 fully saturated rings. The molecule has 8 heteroatoms. The molecule has 0 unspecified atom stereocenters. The van der Waals surface area contributed by atoms with Crippen molar-refractivity contribution in [3.05, 3.63) is 53.5 Å². The molecular weight excluding hydrogens is 440 g/mol. The first kappa shape index (κ1) is 28.6. The van der Waals surface area contributed by atoms with E-state index in [1.165, 1.54) is 0 Å². The highest BCUT2D eigenvalue weighted by Gasteiger charge is 2.15. The summed E-state index contributed by atoms with van der Waals surface area (Å²) in [6.45, 7) is 10.4. The predicted octanol–water partition coefficient (Wildman–Crippen LogP) is 5.52. The summed E-state index contributed by atoms with van der Waals surface area (Å²) >= 11 is 0. The van der Waals surface area contributed by atoms with E-state index in [1.807, 2.05) is 26.8 Å². The lowest BCUT2D eigenvalue weighted by Crippen LogP contribution is -2.05. The average molecular weight is 477 g/mol. The molecule has 1 rings (SSSR count). The smallest absolute Gasteiger partial charge is 0.303 e. The van der Waals surface area contributed by atoms with Crippen LogP contribution in [0.15, 0.2) is 48.0 Å². The Morgan fingerprint density at radius 2 is 1.71 bits per heavy atom. The molecule has 0 aliphatic carbocycles. The van der Waals surface area contributed by atoms with Crippen LogP contribution in [0.25, 0.3) is 0 Å². The Labute approximate surface area is 201 Å². The summed E-state index contributed by atoms with van der Waals surface area (Å²) in [5, 5.41) is 17.6. The van der Waals surface area contributed by atoms with E-state index in [9.17, 15) is 9.59 Å². The first-order valence-electron chi connectivity index (χ1n) is 11.3. The van der Waals surface area contributed by atoms with Crippen molar-refractivity contribution in [3.8, 4) is 17.2 Å². The Morgan fingerprint density at radius 1 is 1.06 bits per heavy atom. The number of hydrogen-bond acceptors (Lipinski definition) is 6. The summed E-state index contributed by atoms with van der Waals surface area (Å²) in [6, 6.07) is 3.53. The molecule has 0 heterocycles. The average Bonchev–Trinajstić information content (AvgIpc) is 2.76. The maximum Gasteiger partial charge on any atom is 0.303 e. The molecule has 34 heavy (non-hydrogen) atoms. The highest BCUT2D eigenvalue weighted by atomic mass is 16.5. The van der Waals surface area contributed by atoms with Gasteiger partial charge in [0, 0.05) is 37.0 Å². The highest BCUT2D eigenvalue weighted by Crippen LogP contribution is 2.37. The van der Waals surface area contributed by atoms with Gasteiger partial charge in [0.2, 0.25) is 0 Å². The number of aliphatic carboxylic acids is 2. The van der Waals surface area contributed by atoms with Gasteiger partial charge in [-0.2, -0.15) is 0 Å². The molecule has 0 amide bonds. The monoisotopic (exact) mass is 476 g/mol. The number of ether oxygens (including phenoxy) is 4. The number of carbonyl (C=O) groups is 2. The zero-order valence-corrected chi connectivity index (χ0v) is 20.5. The van der Waals surface area contributed by atoms with Crippen molar-refractivity contribution in [2.45, 2.75) is 59.3 Å². The van der Waals surface area contributed by atoms with Gasteiger partial charge in [0.1, 0.15) is 11.5 Å². The molecule has 0 atom stereocenters. The predicted molar refractivity (Wildman–Crippen MR) is 129 cm³/mol. The molecule has 1 aromatic carbocycles. The first-order chi connectivity index (χ1) is 16.2.